The first-order valence-corrected chi connectivity index (χ1v) is 6.81. The van der Waals surface area contributed by atoms with Crippen molar-refractivity contribution in [2.24, 2.45) is 5.10 Å². The Morgan fingerprint density at radius 1 is 1.33 bits per heavy atom. The lowest BCUT2D eigenvalue weighted by Gasteiger charge is -1.97. The second-order valence-electron chi connectivity index (χ2n) is 4.66. The molecule has 3 aromatic rings. The first kappa shape index (κ1) is 15.2. The van der Waals surface area contributed by atoms with Crippen LogP contribution in [0, 0.1) is 10.1 Å². The van der Waals surface area contributed by atoms with Gasteiger partial charge in [0.1, 0.15) is 5.69 Å². The molecule has 0 aliphatic carbocycles. The highest BCUT2D eigenvalue weighted by Crippen LogP contribution is 2.18. The van der Waals surface area contributed by atoms with E-state index in [4.69, 9.17) is 4.42 Å². The fraction of sp³-hybridized carbons (Fsp3) is 0. The van der Waals surface area contributed by atoms with Gasteiger partial charge in [-0.2, -0.15) is 10.2 Å². The van der Waals surface area contributed by atoms with Crippen LogP contribution in [0.1, 0.15) is 16.1 Å². The first-order chi connectivity index (χ1) is 11.6. The Morgan fingerprint density at radius 3 is 2.92 bits per heavy atom. The normalized spacial score (nSPS) is 10.8. The number of hydrazone groups is 1. The van der Waals surface area contributed by atoms with Gasteiger partial charge in [0.2, 0.25) is 0 Å². The summed E-state index contributed by atoms with van der Waals surface area (Å²) in [7, 11) is 0. The number of aromatic amines is 1. The molecule has 1 amide bonds. The van der Waals surface area contributed by atoms with Crippen molar-refractivity contribution in [3.8, 4) is 11.5 Å². The fourth-order valence-corrected chi connectivity index (χ4v) is 1.98. The van der Waals surface area contributed by atoms with Crippen molar-refractivity contribution in [1.29, 1.82) is 0 Å². The number of carbonyl (C=O) groups excluding carboxylic acids is 1. The molecule has 0 atom stereocenters. The second-order valence-corrected chi connectivity index (χ2v) is 4.66. The van der Waals surface area contributed by atoms with Crippen LogP contribution in [0.3, 0.4) is 0 Å². The minimum atomic E-state index is -0.557. The van der Waals surface area contributed by atoms with E-state index in [1.54, 1.807) is 24.3 Å². The highest BCUT2D eigenvalue weighted by molar-refractivity contribution is 5.94. The summed E-state index contributed by atoms with van der Waals surface area (Å²) in [4.78, 5) is 22.3. The molecule has 1 aromatic carbocycles. The van der Waals surface area contributed by atoms with Gasteiger partial charge in [-0.15, -0.1) is 0 Å². The summed E-state index contributed by atoms with van der Waals surface area (Å²) < 4.78 is 5.19. The summed E-state index contributed by atoms with van der Waals surface area (Å²) in [5.74, 6) is -0.0103. The van der Waals surface area contributed by atoms with Gasteiger partial charge in [-0.25, -0.2) is 5.43 Å². The average molecular weight is 325 g/mol. The van der Waals surface area contributed by atoms with Crippen LogP contribution in [-0.4, -0.2) is 27.2 Å². The van der Waals surface area contributed by atoms with Crippen molar-refractivity contribution >= 4 is 17.8 Å². The van der Waals surface area contributed by atoms with Gasteiger partial charge in [0, 0.05) is 12.1 Å². The number of para-hydroxylation sites is 1. The molecule has 9 nitrogen and oxygen atoms in total. The van der Waals surface area contributed by atoms with E-state index in [-0.39, 0.29) is 16.9 Å². The van der Waals surface area contributed by atoms with E-state index >= 15 is 0 Å². The summed E-state index contributed by atoms with van der Waals surface area (Å²) >= 11 is 0. The van der Waals surface area contributed by atoms with Crippen molar-refractivity contribution < 1.29 is 14.1 Å². The number of rotatable bonds is 5. The van der Waals surface area contributed by atoms with Gasteiger partial charge in [-0.05, 0) is 18.2 Å². The smallest absolute Gasteiger partial charge is 0.291 e. The average Bonchev–Trinajstić information content (AvgIpc) is 3.26. The van der Waals surface area contributed by atoms with Crippen LogP contribution in [0.4, 0.5) is 5.69 Å². The molecule has 3 rings (SSSR count). The number of nitro benzene ring substituents is 1. The maximum Gasteiger partial charge on any atom is 0.291 e. The van der Waals surface area contributed by atoms with Crippen molar-refractivity contribution in [3.63, 3.8) is 0 Å². The Labute approximate surface area is 135 Å². The number of nitro groups is 1. The number of aromatic nitrogens is 2. The minimum absolute atomic E-state index is 0.102. The fourth-order valence-electron chi connectivity index (χ4n) is 1.98. The van der Waals surface area contributed by atoms with Crippen LogP contribution >= 0.6 is 0 Å². The van der Waals surface area contributed by atoms with Crippen LogP contribution in [0.5, 0.6) is 0 Å². The van der Waals surface area contributed by atoms with Gasteiger partial charge in [-0.1, -0.05) is 12.1 Å². The standard InChI is InChI=1S/C15H11N5O4/c21-15(12-8-11(17-18-12)14-6-3-7-24-14)19-16-9-10-4-1-2-5-13(10)20(22)23/h1-9H,(H,17,18)(H,19,21). The van der Waals surface area contributed by atoms with Gasteiger partial charge < -0.3 is 4.42 Å². The summed E-state index contributed by atoms with van der Waals surface area (Å²) in [6.45, 7) is 0. The van der Waals surface area contributed by atoms with Crippen molar-refractivity contribution in [3.05, 3.63) is 70.1 Å². The van der Waals surface area contributed by atoms with Gasteiger partial charge in [-0.3, -0.25) is 20.0 Å². The van der Waals surface area contributed by atoms with E-state index in [0.29, 0.717) is 11.5 Å². The molecule has 2 aromatic heterocycles. The Morgan fingerprint density at radius 2 is 2.17 bits per heavy atom. The number of hydrogen-bond acceptors (Lipinski definition) is 6. The predicted octanol–water partition coefficient (Wildman–Crippen LogP) is 2.34. The molecule has 0 unspecified atom stereocenters. The van der Waals surface area contributed by atoms with Crippen LogP contribution in [-0.2, 0) is 0 Å². The monoisotopic (exact) mass is 325 g/mol. The number of carbonyl (C=O) groups is 1. The van der Waals surface area contributed by atoms with E-state index in [0.717, 1.165) is 0 Å². The largest absolute Gasteiger partial charge is 0.463 e. The van der Waals surface area contributed by atoms with E-state index in [9.17, 15) is 14.9 Å². The number of furan rings is 1. The molecule has 2 heterocycles. The Balaban J connectivity index is 1.69. The zero-order chi connectivity index (χ0) is 16.9. The van der Waals surface area contributed by atoms with Gasteiger partial charge >= 0.3 is 0 Å². The lowest BCUT2D eigenvalue weighted by Crippen LogP contribution is -2.18. The highest BCUT2D eigenvalue weighted by Gasteiger charge is 2.13. The number of amides is 1. The number of H-pyrrole nitrogens is 1. The number of nitrogens with zero attached hydrogens (tertiary/aromatic N) is 3. The van der Waals surface area contributed by atoms with E-state index in [2.05, 4.69) is 20.7 Å². The van der Waals surface area contributed by atoms with Crippen LogP contribution in [0.15, 0.2) is 58.2 Å². The molecule has 0 saturated carbocycles. The van der Waals surface area contributed by atoms with E-state index in [1.807, 2.05) is 0 Å². The summed E-state index contributed by atoms with van der Waals surface area (Å²) in [6.07, 6.45) is 2.71. The third-order valence-electron chi connectivity index (χ3n) is 3.10. The summed E-state index contributed by atoms with van der Waals surface area (Å²) in [5.41, 5.74) is 3.11. The van der Waals surface area contributed by atoms with E-state index in [1.165, 1.54) is 30.7 Å². The molecule has 0 bridgehead atoms. The molecule has 0 spiro atoms. The maximum atomic E-state index is 12.0. The first-order valence-electron chi connectivity index (χ1n) is 6.81. The van der Waals surface area contributed by atoms with Crippen LogP contribution in [0.25, 0.3) is 11.5 Å². The molecule has 0 saturated heterocycles. The Bertz CT molecular complexity index is 898. The molecule has 0 aliphatic heterocycles. The lowest BCUT2D eigenvalue weighted by molar-refractivity contribution is -0.385. The minimum Gasteiger partial charge on any atom is -0.463 e. The topological polar surface area (TPSA) is 126 Å². The number of benzene rings is 1. The molecule has 120 valence electrons. The molecular formula is C15H11N5O4. The Kier molecular flexibility index (Phi) is 4.15. The lowest BCUT2D eigenvalue weighted by atomic mass is 10.2. The molecular weight excluding hydrogens is 314 g/mol. The molecule has 24 heavy (non-hydrogen) atoms. The highest BCUT2D eigenvalue weighted by atomic mass is 16.6. The quantitative estimate of drug-likeness (QED) is 0.423. The van der Waals surface area contributed by atoms with Gasteiger partial charge in [0.15, 0.2) is 11.5 Å². The third-order valence-corrected chi connectivity index (χ3v) is 3.10. The maximum absolute atomic E-state index is 12.0. The SMILES string of the molecule is O=C(NN=Cc1ccccc1[N+](=O)[O-])c1cc(-c2ccco2)[nH]n1. The molecule has 0 radical (unpaired) electrons. The summed E-state index contributed by atoms with van der Waals surface area (Å²) in [6, 6.07) is 11.0. The predicted molar refractivity (Wildman–Crippen MR) is 84.4 cm³/mol. The number of nitrogens with one attached hydrogen (secondary N) is 2. The van der Waals surface area contributed by atoms with Crippen molar-refractivity contribution in [1.82, 2.24) is 15.6 Å². The third kappa shape index (κ3) is 3.19. The van der Waals surface area contributed by atoms with Gasteiger partial charge in [0.25, 0.3) is 11.6 Å². The molecule has 0 fully saturated rings. The van der Waals surface area contributed by atoms with Crippen LogP contribution < -0.4 is 5.43 Å². The molecule has 2 N–H and O–H groups in total. The van der Waals surface area contributed by atoms with Crippen molar-refractivity contribution in [2.75, 3.05) is 0 Å². The second kappa shape index (κ2) is 6.57. The number of hydrogen-bond donors (Lipinski definition) is 2. The summed E-state index contributed by atoms with van der Waals surface area (Å²) in [5, 5.41) is 21.2. The van der Waals surface area contributed by atoms with E-state index < -0.39 is 10.8 Å². The van der Waals surface area contributed by atoms with Gasteiger partial charge in [0.05, 0.1) is 23.0 Å². The zero-order valence-electron chi connectivity index (χ0n) is 12.2. The van der Waals surface area contributed by atoms with Crippen LogP contribution in [0.2, 0.25) is 0 Å². The Hall–Kier alpha value is -3.75. The molecule has 0 aliphatic rings. The van der Waals surface area contributed by atoms with Crippen molar-refractivity contribution in [2.45, 2.75) is 0 Å². The molecule has 9 heteroatoms. The zero-order valence-corrected chi connectivity index (χ0v) is 12.2.